The van der Waals surface area contributed by atoms with Gasteiger partial charge in [-0.05, 0) is 183 Å². The molecule has 21 heteroatoms. The number of carboxylic acids is 1. The molecule has 0 spiro atoms. The van der Waals surface area contributed by atoms with Gasteiger partial charge in [-0.2, -0.15) is 25.3 Å². The fourth-order valence-electron chi connectivity index (χ4n) is 13.1. The summed E-state index contributed by atoms with van der Waals surface area (Å²) in [7, 11) is 0. The second-order valence-corrected chi connectivity index (χ2v) is 29.0. The van der Waals surface area contributed by atoms with Crippen molar-refractivity contribution in [2.75, 3.05) is 6.61 Å². The average molecular weight is 1110 g/mol. The third kappa shape index (κ3) is 20.3. The van der Waals surface area contributed by atoms with Crippen LogP contribution >= 0.6 is 0 Å². The Morgan fingerprint density at radius 1 is 0.551 bits per heavy atom. The molecule has 78 heavy (non-hydrogen) atoms. The number of carbonyl (C=O) groups excluding carboxylic acids is 2. The van der Waals surface area contributed by atoms with Gasteiger partial charge in [-0.3, -0.25) is 14.4 Å². The molecule has 5 fully saturated rings. The summed E-state index contributed by atoms with van der Waals surface area (Å²) in [5, 5.41) is 112. The van der Waals surface area contributed by atoms with Crippen molar-refractivity contribution in [3.05, 3.63) is 12.7 Å². The number of aliphatic carboxylic acids is 1. The Bertz CT molecular complexity index is 2000. The average Bonchev–Trinajstić information content (AvgIpc) is 3.26. The van der Waals surface area contributed by atoms with Gasteiger partial charge in [0.15, 0.2) is 0 Å². The van der Waals surface area contributed by atoms with Crippen LogP contribution in [0.2, 0.25) is 0 Å². The zero-order valence-electron chi connectivity index (χ0n) is 51.5. The van der Waals surface area contributed by atoms with Gasteiger partial charge in [-0.25, -0.2) is 0 Å². The van der Waals surface area contributed by atoms with Crippen LogP contribution in [0.3, 0.4) is 0 Å². The van der Waals surface area contributed by atoms with Gasteiger partial charge in [-0.1, -0.05) is 17.2 Å². The Labute approximate surface area is 467 Å². The predicted octanol–water partition coefficient (Wildman–Crippen LogP) is 7.86. The Balaban J connectivity index is 0.000000491. The summed E-state index contributed by atoms with van der Waals surface area (Å²) in [5.74, 6) is 1.19. The normalized spacial score (nSPS) is 26.3. The van der Waals surface area contributed by atoms with Crippen LogP contribution in [-0.2, 0) is 14.4 Å². The standard InChI is InChI=1S/C13H24N2O4.C13H26N2O3.C11H21NO2.C11H19NO2.C9H18N2O2/c1-12(2)7-9(8-13(3,4)15(12)19)14-10(16)5-6-11(17)18;1-12(2)8-10(9-13(3,4)15(12)18)14-11(17)6-5-7-16;2*1-6-11(13)7-9(2,3)12(14)10(4,5)8-11;1-8(2)5-7(10-12)6-9(3,4)11(8)13/h9,19H,5-8H2,1-4H3,(H,14,16)(H,17,18);10,16,18H,5-9H2,1-4H3,(H,14,17);6,13-14H,1,7-8H2,2-5H3;1,13-14H,7-8H2,2-5H3;12-13H,5-6H2,1-4H3. The molecule has 0 unspecified atom stereocenters. The molecule has 21 nitrogen and oxygen atoms in total. The molecule has 0 radical (unpaired) electrons. The van der Waals surface area contributed by atoms with E-state index >= 15 is 0 Å². The lowest BCUT2D eigenvalue weighted by Crippen LogP contribution is -2.63. The van der Waals surface area contributed by atoms with Gasteiger partial charge < -0.3 is 62.3 Å². The number of amides is 2. The number of oxime groups is 1. The minimum absolute atomic E-state index is 0.00443. The lowest BCUT2D eigenvalue weighted by molar-refractivity contribution is -0.267. The summed E-state index contributed by atoms with van der Waals surface area (Å²) in [6, 6.07) is 0.0271. The van der Waals surface area contributed by atoms with Gasteiger partial charge in [0, 0.05) is 113 Å². The molecule has 5 rings (SSSR count). The summed E-state index contributed by atoms with van der Waals surface area (Å²) in [6.45, 7) is 42.2. The number of hydrogen-bond acceptors (Lipinski definition) is 18. The minimum Gasteiger partial charge on any atom is -0.481 e. The molecule has 0 bridgehead atoms. The van der Waals surface area contributed by atoms with Gasteiger partial charge >= 0.3 is 5.97 Å². The topological polar surface area (TPSA) is 306 Å². The van der Waals surface area contributed by atoms with E-state index in [9.17, 15) is 50.6 Å². The molecule has 0 saturated carbocycles. The first kappa shape index (κ1) is 72.7. The number of aliphatic hydroxyl groups is 3. The second-order valence-electron chi connectivity index (χ2n) is 29.0. The number of terminal acetylenes is 1. The van der Waals surface area contributed by atoms with Crippen LogP contribution in [0.4, 0.5) is 0 Å². The number of piperidine rings is 5. The van der Waals surface area contributed by atoms with Crippen LogP contribution in [0.1, 0.15) is 228 Å². The van der Waals surface area contributed by atoms with Gasteiger partial charge in [0.05, 0.1) is 17.7 Å². The van der Waals surface area contributed by atoms with E-state index < -0.39 is 50.4 Å². The number of nitrogens with zero attached hydrogens (tertiary/aromatic N) is 6. The molecule has 0 aliphatic carbocycles. The Morgan fingerprint density at radius 2 is 0.846 bits per heavy atom. The molecule has 454 valence electrons. The number of carbonyl (C=O) groups is 3. The van der Waals surface area contributed by atoms with Crippen LogP contribution in [0.25, 0.3) is 0 Å². The smallest absolute Gasteiger partial charge is 0.303 e. The van der Waals surface area contributed by atoms with Crippen LogP contribution in [0.15, 0.2) is 17.8 Å². The van der Waals surface area contributed by atoms with Crippen LogP contribution in [-0.4, -0.2) is 186 Å². The van der Waals surface area contributed by atoms with E-state index in [1.807, 2.05) is 138 Å². The lowest BCUT2D eigenvalue weighted by atomic mass is 9.72. The molecule has 2 amide bonds. The SMILES string of the molecule is C#CC1(O)CC(C)(C)N(O)C(C)(C)C1.C=CC1(O)CC(C)(C)N(O)C(C)(C)C1.CC1(C)CC(=NO)CC(C)(C)N1O.CC1(C)CC(NC(=O)CCC(=O)O)CC(C)(C)N1O.CC1(C)CC(NC(=O)CCCO)CC(C)(C)N1O. The molecule has 5 aliphatic heterocycles. The molecular formula is C57H108N8O13. The summed E-state index contributed by atoms with van der Waals surface area (Å²) in [6.07, 6.45) is 13.3. The van der Waals surface area contributed by atoms with E-state index in [1.54, 1.807) is 6.08 Å². The maximum Gasteiger partial charge on any atom is 0.303 e. The molecule has 5 saturated heterocycles. The number of aliphatic hydroxyl groups excluding tert-OH is 1. The number of carboxylic acid groups (broad SMARTS) is 1. The lowest BCUT2D eigenvalue weighted by Gasteiger charge is -2.53. The van der Waals surface area contributed by atoms with Crippen molar-refractivity contribution >= 4 is 23.5 Å². The second kappa shape index (κ2) is 26.3. The first-order chi connectivity index (χ1) is 34.8. The van der Waals surface area contributed by atoms with Crippen molar-refractivity contribution in [3.8, 4) is 12.3 Å². The van der Waals surface area contributed by atoms with Crippen molar-refractivity contribution in [3.63, 3.8) is 0 Å². The van der Waals surface area contributed by atoms with E-state index in [-0.39, 0.29) is 65.5 Å². The van der Waals surface area contributed by atoms with Crippen molar-refractivity contribution in [1.82, 2.24) is 35.9 Å². The first-order valence-electron chi connectivity index (χ1n) is 27.4. The molecule has 0 atom stereocenters. The van der Waals surface area contributed by atoms with Gasteiger partial charge in [0.1, 0.15) is 5.60 Å². The fourth-order valence-corrected chi connectivity index (χ4v) is 13.1. The summed E-state index contributed by atoms with van der Waals surface area (Å²) in [5.41, 5.74) is -5.33. The molecule has 12 N–H and O–H groups in total. The van der Waals surface area contributed by atoms with Crippen molar-refractivity contribution in [1.29, 1.82) is 0 Å². The molecule has 0 aromatic carbocycles. The number of rotatable bonds is 9. The Hall–Kier alpha value is -3.34. The summed E-state index contributed by atoms with van der Waals surface area (Å²) < 4.78 is 0. The largest absolute Gasteiger partial charge is 0.481 e. The first-order valence-corrected chi connectivity index (χ1v) is 27.4. The highest BCUT2D eigenvalue weighted by Crippen LogP contribution is 2.44. The Kier molecular flexibility index (Phi) is 24.5. The maximum absolute atomic E-state index is 11.7. The van der Waals surface area contributed by atoms with E-state index in [0.717, 1.165) is 18.6 Å². The van der Waals surface area contributed by atoms with Crippen molar-refractivity contribution in [2.45, 2.75) is 307 Å². The highest BCUT2D eigenvalue weighted by Gasteiger charge is 2.53. The van der Waals surface area contributed by atoms with Crippen LogP contribution < -0.4 is 10.6 Å². The molecule has 0 aromatic rings. The zero-order valence-corrected chi connectivity index (χ0v) is 51.5. The number of hydrogen-bond donors (Lipinski definition) is 12. The van der Waals surface area contributed by atoms with Crippen molar-refractivity contribution < 1.29 is 66.1 Å². The number of hydroxylamine groups is 10. The highest BCUT2D eigenvalue weighted by atomic mass is 16.5. The van der Waals surface area contributed by atoms with E-state index in [2.05, 4.69) is 28.3 Å². The molecular weight excluding hydrogens is 1000 g/mol. The van der Waals surface area contributed by atoms with Gasteiger partial charge in [-0.15, -0.1) is 13.0 Å². The highest BCUT2D eigenvalue weighted by molar-refractivity contribution is 5.86. The zero-order chi connectivity index (χ0) is 61.5. The minimum atomic E-state index is -1.10. The third-order valence-corrected chi connectivity index (χ3v) is 15.6. The predicted molar refractivity (Wildman–Crippen MR) is 300 cm³/mol. The molecule has 0 aromatic heterocycles. The van der Waals surface area contributed by atoms with Crippen LogP contribution in [0.5, 0.6) is 0 Å². The van der Waals surface area contributed by atoms with E-state index in [1.165, 1.54) is 25.3 Å². The molecule has 5 heterocycles. The summed E-state index contributed by atoms with van der Waals surface area (Å²) in [4.78, 5) is 33.8. The number of nitrogens with one attached hydrogen (secondary N) is 2. The van der Waals surface area contributed by atoms with E-state index in [4.69, 9.17) is 21.8 Å². The molecule has 5 aliphatic rings. The van der Waals surface area contributed by atoms with E-state index in [0.29, 0.717) is 64.2 Å². The van der Waals surface area contributed by atoms with Gasteiger partial charge in [0.25, 0.3) is 0 Å². The summed E-state index contributed by atoms with van der Waals surface area (Å²) >= 11 is 0. The fraction of sp³-hybridized carbons (Fsp3) is 0.860. The van der Waals surface area contributed by atoms with Crippen molar-refractivity contribution in [2.24, 2.45) is 5.16 Å². The van der Waals surface area contributed by atoms with Crippen LogP contribution in [0, 0.1) is 12.3 Å². The maximum atomic E-state index is 11.7. The monoisotopic (exact) mass is 1110 g/mol. The third-order valence-electron chi connectivity index (χ3n) is 15.6. The Morgan fingerprint density at radius 3 is 1.13 bits per heavy atom. The van der Waals surface area contributed by atoms with Gasteiger partial charge in [0.2, 0.25) is 11.8 Å². The quantitative estimate of drug-likeness (QED) is 0.0452.